The number of fused-ring (bicyclic) bond motifs is 5. The van der Waals surface area contributed by atoms with Gasteiger partial charge in [-0.05, 0) is 90.4 Å². The van der Waals surface area contributed by atoms with Crippen LogP contribution < -0.4 is 19.9 Å². The molecule has 0 amide bonds. The number of carbonyl (C=O) groups is 2. The van der Waals surface area contributed by atoms with Crippen LogP contribution in [0.15, 0.2) is 0 Å². The first-order valence-corrected chi connectivity index (χ1v) is 10.2. The van der Waals surface area contributed by atoms with Gasteiger partial charge in [-0.2, -0.15) is 0 Å². The van der Waals surface area contributed by atoms with E-state index < -0.39 is 0 Å². The molecule has 0 unspecified atom stereocenters. The molecule has 0 saturated heterocycles. The van der Waals surface area contributed by atoms with Gasteiger partial charge in [0.15, 0.2) is 0 Å². The number of esters is 2. The van der Waals surface area contributed by atoms with Crippen molar-refractivity contribution in [1.82, 2.24) is 0 Å². The largest absolute Gasteiger partial charge is 0.422 e. The third kappa shape index (κ3) is 2.08. The molecule has 0 radical (unpaired) electrons. The van der Waals surface area contributed by atoms with E-state index in [2.05, 4.69) is 90.4 Å². The maximum absolute atomic E-state index is 11.7. The molecular formula is C14H2I4O4. The van der Waals surface area contributed by atoms with Crippen molar-refractivity contribution in [3.05, 3.63) is 24.7 Å². The SMILES string of the molecule is O=C1C=c2c(I)c(I)c3c4c(c(I)c(I)c3c2O1)=CC(=O)O4. The number of halogens is 4. The summed E-state index contributed by atoms with van der Waals surface area (Å²) in [4.78, 5) is 23.4. The molecule has 2 aromatic carbocycles. The minimum Gasteiger partial charge on any atom is -0.422 e. The standard InChI is InChI=1S/C14H2I4O4/c15-9-3-1-5(19)21-13(3)7-8(11(9)17)14-4(2-6(20)22-14)10(16)12(7)18/h1-2H. The van der Waals surface area contributed by atoms with E-state index in [0.717, 1.165) is 35.5 Å². The van der Waals surface area contributed by atoms with Crippen molar-refractivity contribution >= 4 is 125 Å². The molecule has 8 heteroatoms. The van der Waals surface area contributed by atoms with Crippen molar-refractivity contribution in [2.75, 3.05) is 0 Å². The maximum atomic E-state index is 11.7. The molecule has 0 spiro atoms. The van der Waals surface area contributed by atoms with E-state index in [1.165, 1.54) is 12.2 Å². The molecule has 0 atom stereocenters. The number of hydrogen-bond donors (Lipinski definition) is 0. The van der Waals surface area contributed by atoms with Crippen LogP contribution in [-0.2, 0) is 9.59 Å². The van der Waals surface area contributed by atoms with Crippen molar-refractivity contribution in [1.29, 1.82) is 0 Å². The van der Waals surface area contributed by atoms with E-state index in [9.17, 15) is 9.59 Å². The zero-order chi connectivity index (χ0) is 15.8. The molecule has 0 aromatic heterocycles. The lowest BCUT2D eigenvalue weighted by Gasteiger charge is -2.13. The molecule has 4 rings (SSSR count). The fourth-order valence-corrected chi connectivity index (χ4v) is 5.49. The highest BCUT2D eigenvalue weighted by Crippen LogP contribution is 2.40. The van der Waals surface area contributed by atoms with Gasteiger partial charge in [-0.3, -0.25) is 0 Å². The molecule has 0 fully saturated rings. The average Bonchev–Trinajstić information content (AvgIpc) is 3.03. The Morgan fingerprint density at radius 3 is 1.36 bits per heavy atom. The van der Waals surface area contributed by atoms with Crippen LogP contribution in [0.5, 0.6) is 11.5 Å². The first kappa shape index (κ1) is 15.8. The Bertz CT molecular complexity index is 970. The van der Waals surface area contributed by atoms with Gasteiger partial charge in [-0.25, -0.2) is 9.59 Å². The predicted molar refractivity (Wildman–Crippen MR) is 114 cm³/mol. The first-order valence-electron chi connectivity index (χ1n) is 5.89. The van der Waals surface area contributed by atoms with Gasteiger partial charge < -0.3 is 9.47 Å². The van der Waals surface area contributed by atoms with Gasteiger partial charge >= 0.3 is 11.9 Å². The van der Waals surface area contributed by atoms with Gasteiger partial charge in [-0.15, -0.1) is 0 Å². The summed E-state index contributed by atoms with van der Waals surface area (Å²) in [6.07, 6.45) is 3.01. The lowest BCUT2D eigenvalue weighted by molar-refractivity contribution is -0.127. The summed E-state index contributed by atoms with van der Waals surface area (Å²) in [6.45, 7) is 0. The lowest BCUT2D eigenvalue weighted by Crippen LogP contribution is -2.14. The first-order chi connectivity index (χ1) is 10.4. The van der Waals surface area contributed by atoms with Gasteiger partial charge in [0.2, 0.25) is 0 Å². The van der Waals surface area contributed by atoms with Gasteiger partial charge in [0, 0.05) is 47.6 Å². The van der Waals surface area contributed by atoms with Crippen LogP contribution in [0, 0.1) is 14.3 Å². The van der Waals surface area contributed by atoms with Crippen LogP contribution in [0.1, 0.15) is 0 Å². The summed E-state index contributed by atoms with van der Waals surface area (Å²) in [7, 11) is 0. The third-order valence-electron chi connectivity index (χ3n) is 3.42. The van der Waals surface area contributed by atoms with Crippen molar-refractivity contribution in [3.8, 4) is 11.5 Å². The second-order valence-electron chi connectivity index (χ2n) is 4.62. The van der Waals surface area contributed by atoms with Crippen LogP contribution in [-0.4, -0.2) is 11.9 Å². The molecule has 2 aromatic rings. The predicted octanol–water partition coefficient (Wildman–Crippen LogP) is 2.66. The van der Waals surface area contributed by atoms with E-state index in [4.69, 9.17) is 9.47 Å². The Labute approximate surface area is 178 Å². The van der Waals surface area contributed by atoms with E-state index in [-0.39, 0.29) is 11.9 Å². The maximum Gasteiger partial charge on any atom is 0.336 e. The Morgan fingerprint density at radius 1 is 0.636 bits per heavy atom. The van der Waals surface area contributed by atoms with E-state index in [1.54, 1.807) is 0 Å². The number of carbonyl (C=O) groups excluding carboxylic acids is 2. The van der Waals surface area contributed by atoms with Crippen LogP contribution in [0.25, 0.3) is 22.9 Å². The molecule has 0 bridgehead atoms. The fourth-order valence-electron chi connectivity index (χ4n) is 2.54. The van der Waals surface area contributed by atoms with Crippen molar-refractivity contribution < 1.29 is 19.1 Å². The fraction of sp³-hybridized carbons (Fsp3) is 0. The summed E-state index contributed by atoms with van der Waals surface area (Å²) in [5, 5.41) is 3.25. The summed E-state index contributed by atoms with van der Waals surface area (Å²) in [5.41, 5.74) is 0. The highest BCUT2D eigenvalue weighted by Gasteiger charge is 2.29. The van der Waals surface area contributed by atoms with Crippen LogP contribution >= 0.6 is 90.4 Å². The summed E-state index contributed by atoms with van der Waals surface area (Å²) in [5.74, 6) is 0.368. The molecule has 2 aliphatic rings. The monoisotopic (exact) mass is 742 g/mol. The van der Waals surface area contributed by atoms with Crippen molar-refractivity contribution in [2.24, 2.45) is 0 Å². The van der Waals surface area contributed by atoms with Crippen LogP contribution in [0.4, 0.5) is 0 Å². The minimum atomic E-state index is -0.369. The highest BCUT2D eigenvalue weighted by atomic mass is 127. The minimum absolute atomic E-state index is 0.369. The zero-order valence-electron chi connectivity index (χ0n) is 10.3. The normalized spacial score (nSPS) is 15.1. The zero-order valence-corrected chi connectivity index (χ0v) is 18.9. The Hall–Kier alpha value is 0.300. The van der Waals surface area contributed by atoms with E-state index in [1.807, 2.05) is 0 Å². The Balaban J connectivity index is 2.34. The molecule has 22 heavy (non-hydrogen) atoms. The average molecular weight is 742 g/mol. The van der Waals surface area contributed by atoms with Gasteiger partial charge in [0.25, 0.3) is 0 Å². The molecule has 4 nitrogen and oxygen atoms in total. The number of hydrogen-bond acceptors (Lipinski definition) is 4. The summed E-state index contributed by atoms with van der Waals surface area (Å²) in [6, 6.07) is 0. The van der Waals surface area contributed by atoms with Gasteiger partial charge in [0.05, 0.1) is 0 Å². The quantitative estimate of drug-likeness (QED) is 0.237. The molecule has 0 N–H and O–H groups in total. The Kier molecular flexibility index (Phi) is 3.88. The summed E-state index contributed by atoms with van der Waals surface area (Å²) >= 11 is 8.84. The van der Waals surface area contributed by atoms with Crippen LogP contribution in [0.3, 0.4) is 0 Å². The lowest BCUT2D eigenvalue weighted by atomic mass is 10.1. The highest BCUT2D eigenvalue weighted by molar-refractivity contribution is 14.1. The topological polar surface area (TPSA) is 52.6 Å². The smallest absolute Gasteiger partial charge is 0.336 e. The Morgan fingerprint density at radius 2 is 1.00 bits per heavy atom. The molecule has 2 heterocycles. The van der Waals surface area contributed by atoms with Crippen molar-refractivity contribution in [2.45, 2.75) is 0 Å². The molecule has 0 saturated carbocycles. The second kappa shape index (κ2) is 5.40. The number of benzene rings is 2. The van der Waals surface area contributed by atoms with E-state index in [0.29, 0.717) is 11.5 Å². The molecule has 0 aliphatic carbocycles. The third-order valence-corrected chi connectivity index (χ3v) is 9.88. The van der Waals surface area contributed by atoms with Crippen LogP contribution in [0.2, 0.25) is 0 Å². The molecule has 2 aliphatic heterocycles. The van der Waals surface area contributed by atoms with Gasteiger partial charge in [0.1, 0.15) is 11.5 Å². The van der Waals surface area contributed by atoms with Crippen molar-refractivity contribution in [3.63, 3.8) is 0 Å². The molecular weight excluding hydrogens is 740 g/mol. The van der Waals surface area contributed by atoms with E-state index >= 15 is 0 Å². The van der Waals surface area contributed by atoms with Gasteiger partial charge in [-0.1, -0.05) is 0 Å². The number of ether oxygens (including phenoxy) is 2. The summed E-state index contributed by atoms with van der Waals surface area (Å²) < 4.78 is 14.6. The number of rotatable bonds is 0. The second-order valence-corrected chi connectivity index (χ2v) is 8.94. The molecule has 110 valence electrons.